The van der Waals surface area contributed by atoms with Crippen LogP contribution in [0.5, 0.6) is 5.75 Å². The second-order valence-corrected chi connectivity index (χ2v) is 4.12. The number of carboxylic acid groups (broad SMARTS) is 1. The second-order valence-electron chi connectivity index (χ2n) is 4.12. The van der Waals surface area contributed by atoms with Crippen LogP contribution in [0.25, 0.3) is 10.9 Å². The number of aromatic carboxylic acids is 1. The Morgan fingerprint density at radius 2 is 2.22 bits per heavy atom. The van der Waals surface area contributed by atoms with E-state index in [1.165, 1.54) is 6.07 Å². The summed E-state index contributed by atoms with van der Waals surface area (Å²) < 4.78 is 5.54. The highest BCUT2D eigenvalue weighted by Crippen LogP contribution is 2.25. The predicted molar refractivity (Wildman–Crippen MR) is 67.8 cm³/mol. The van der Waals surface area contributed by atoms with Crippen LogP contribution in [0.15, 0.2) is 30.3 Å². The Hall–Kier alpha value is -2.14. The van der Waals surface area contributed by atoms with Crippen LogP contribution in [-0.4, -0.2) is 28.7 Å². The molecule has 1 unspecified atom stereocenters. The van der Waals surface area contributed by atoms with Gasteiger partial charge in [-0.05, 0) is 19.1 Å². The molecule has 0 saturated heterocycles. The van der Waals surface area contributed by atoms with E-state index in [0.717, 1.165) is 5.39 Å². The molecule has 1 aromatic heterocycles. The molecule has 2 rings (SSSR count). The van der Waals surface area contributed by atoms with Crippen molar-refractivity contribution in [3.63, 3.8) is 0 Å². The molecule has 1 aromatic carbocycles. The second kappa shape index (κ2) is 5.01. The fourth-order valence-corrected chi connectivity index (χ4v) is 1.59. The average Bonchev–Trinajstić information content (AvgIpc) is 2.35. The molecule has 0 fully saturated rings. The van der Waals surface area contributed by atoms with Crippen molar-refractivity contribution >= 4 is 16.9 Å². The predicted octanol–water partition coefficient (Wildman–Crippen LogP) is 1.66. The third-order valence-corrected chi connectivity index (χ3v) is 2.40. The maximum atomic E-state index is 11.0. The Morgan fingerprint density at radius 3 is 2.89 bits per heavy atom. The highest BCUT2D eigenvalue weighted by Gasteiger charge is 2.11. The topological polar surface area (TPSA) is 85.4 Å². The summed E-state index contributed by atoms with van der Waals surface area (Å²) in [6, 6.07) is 8.54. The zero-order valence-electron chi connectivity index (χ0n) is 9.96. The minimum absolute atomic E-state index is 0.0339. The Labute approximate surface area is 104 Å². The summed E-state index contributed by atoms with van der Waals surface area (Å²) in [7, 11) is 0. The highest BCUT2D eigenvalue weighted by molar-refractivity contribution is 5.93. The van der Waals surface area contributed by atoms with Gasteiger partial charge in [0.2, 0.25) is 0 Å². The fraction of sp³-hybridized carbons (Fsp3) is 0.231. The van der Waals surface area contributed by atoms with E-state index >= 15 is 0 Å². The molecular formula is C13H14N2O3. The van der Waals surface area contributed by atoms with E-state index in [-0.39, 0.29) is 11.7 Å². The van der Waals surface area contributed by atoms with Crippen molar-refractivity contribution in [2.75, 3.05) is 6.61 Å². The molecule has 94 valence electrons. The van der Waals surface area contributed by atoms with Crippen LogP contribution < -0.4 is 10.5 Å². The van der Waals surface area contributed by atoms with Gasteiger partial charge in [0.15, 0.2) is 5.69 Å². The van der Waals surface area contributed by atoms with Crippen molar-refractivity contribution < 1.29 is 14.6 Å². The van der Waals surface area contributed by atoms with Crippen LogP contribution in [0.2, 0.25) is 0 Å². The molecule has 1 atom stereocenters. The zero-order chi connectivity index (χ0) is 13.1. The van der Waals surface area contributed by atoms with Crippen molar-refractivity contribution in [1.82, 2.24) is 4.98 Å². The maximum Gasteiger partial charge on any atom is 0.354 e. The lowest BCUT2D eigenvalue weighted by molar-refractivity contribution is 0.0690. The molecule has 3 N–H and O–H groups in total. The van der Waals surface area contributed by atoms with Crippen LogP contribution in [-0.2, 0) is 0 Å². The molecule has 0 aliphatic carbocycles. The zero-order valence-corrected chi connectivity index (χ0v) is 9.96. The SMILES string of the molecule is CC(N)COc1cc(C(=O)O)nc2ccccc12. The molecule has 0 aliphatic heterocycles. The number of nitrogens with zero attached hydrogens (tertiary/aromatic N) is 1. The number of rotatable bonds is 4. The summed E-state index contributed by atoms with van der Waals surface area (Å²) in [5.41, 5.74) is 6.19. The minimum Gasteiger partial charge on any atom is -0.491 e. The monoisotopic (exact) mass is 246 g/mol. The summed E-state index contributed by atoms with van der Waals surface area (Å²) in [4.78, 5) is 15.0. The van der Waals surface area contributed by atoms with Crippen LogP contribution in [0.3, 0.4) is 0 Å². The normalized spacial score (nSPS) is 12.3. The lowest BCUT2D eigenvalue weighted by atomic mass is 10.2. The number of nitrogens with two attached hydrogens (primary N) is 1. The molecule has 0 aliphatic rings. The van der Waals surface area contributed by atoms with Gasteiger partial charge in [-0.3, -0.25) is 0 Å². The number of para-hydroxylation sites is 1. The van der Waals surface area contributed by atoms with Gasteiger partial charge in [0.25, 0.3) is 0 Å². The minimum atomic E-state index is -1.08. The molecule has 5 heteroatoms. The lowest BCUT2D eigenvalue weighted by Gasteiger charge is -2.11. The van der Waals surface area contributed by atoms with E-state index < -0.39 is 5.97 Å². The first-order valence-corrected chi connectivity index (χ1v) is 5.59. The molecule has 1 heterocycles. The number of carboxylic acids is 1. The van der Waals surface area contributed by atoms with E-state index in [9.17, 15) is 4.79 Å². The smallest absolute Gasteiger partial charge is 0.354 e. The van der Waals surface area contributed by atoms with Crippen LogP contribution in [0.4, 0.5) is 0 Å². The quantitative estimate of drug-likeness (QED) is 0.856. The molecule has 5 nitrogen and oxygen atoms in total. The third kappa shape index (κ3) is 2.57. The Morgan fingerprint density at radius 1 is 1.50 bits per heavy atom. The van der Waals surface area contributed by atoms with E-state index in [1.807, 2.05) is 19.1 Å². The molecule has 0 spiro atoms. The van der Waals surface area contributed by atoms with E-state index in [4.69, 9.17) is 15.6 Å². The standard InChI is InChI=1S/C13H14N2O3/c1-8(14)7-18-12-6-11(13(16)17)15-10-5-3-2-4-9(10)12/h2-6,8H,7,14H2,1H3,(H,16,17). The molecule has 0 saturated carbocycles. The van der Waals surface area contributed by atoms with Crippen LogP contribution >= 0.6 is 0 Å². The Bertz CT molecular complexity index is 581. The van der Waals surface area contributed by atoms with Gasteiger partial charge in [-0.15, -0.1) is 0 Å². The van der Waals surface area contributed by atoms with Crippen LogP contribution in [0, 0.1) is 0 Å². The third-order valence-electron chi connectivity index (χ3n) is 2.40. The van der Waals surface area contributed by atoms with E-state index in [1.54, 1.807) is 12.1 Å². The van der Waals surface area contributed by atoms with Gasteiger partial charge >= 0.3 is 5.97 Å². The number of benzene rings is 1. The summed E-state index contributed by atoms with van der Waals surface area (Å²) in [5, 5.41) is 9.78. The first-order valence-electron chi connectivity index (χ1n) is 5.59. The first kappa shape index (κ1) is 12.3. The van der Waals surface area contributed by atoms with Gasteiger partial charge < -0.3 is 15.6 Å². The lowest BCUT2D eigenvalue weighted by Crippen LogP contribution is -2.23. The van der Waals surface area contributed by atoms with Gasteiger partial charge in [0.1, 0.15) is 12.4 Å². The van der Waals surface area contributed by atoms with Gasteiger partial charge in [0, 0.05) is 17.5 Å². The molecule has 0 amide bonds. The number of hydrogen-bond donors (Lipinski definition) is 2. The van der Waals surface area contributed by atoms with Gasteiger partial charge in [0.05, 0.1) is 5.52 Å². The highest BCUT2D eigenvalue weighted by atomic mass is 16.5. The number of fused-ring (bicyclic) bond motifs is 1. The largest absolute Gasteiger partial charge is 0.491 e. The molecule has 18 heavy (non-hydrogen) atoms. The van der Waals surface area contributed by atoms with Crippen molar-refractivity contribution in [2.45, 2.75) is 13.0 Å². The summed E-state index contributed by atoms with van der Waals surface area (Å²) in [6.07, 6.45) is 0. The number of hydrogen-bond acceptors (Lipinski definition) is 4. The number of aromatic nitrogens is 1. The van der Waals surface area contributed by atoms with E-state index in [2.05, 4.69) is 4.98 Å². The van der Waals surface area contributed by atoms with Crippen molar-refractivity contribution in [1.29, 1.82) is 0 Å². The molecule has 0 radical (unpaired) electrons. The Balaban J connectivity index is 2.50. The number of ether oxygens (including phenoxy) is 1. The summed E-state index contributed by atoms with van der Waals surface area (Å²) in [6.45, 7) is 2.15. The molecule has 2 aromatic rings. The van der Waals surface area contributed by atoms with Gasteiger partial charge in [-0.2, -0.15) is 0 Å². The maximum absolute atomic E-state index is 11.0. The summed E-state index contributed by atoms with van der Waals surface area (Å²) in [5.74, 6) is -0.582. The van der Waals surface area contributed by atoms with Gasteiger partial charge in [-0.1, -0.05) is 12.1 Å². The van der Waals surface area contributed by atoms with E-state index in [0.29, 0.717) is 17.9 Å². The fourth-order valence-electron chi connectivity index (χ4n) is 1.59. The number of pyridine rings is 1. The molecule has 0 bridgehead atoms. The Kier molecular flexibility index (Phi) is 3.43. The average molecular weight is 246 g/mol. The number of carbonyl (C=O) groups is 1. The van der Waals surface area contributed by atoms with Crippen molar-refractivity contribution in [2.24, 2.45) is 5.73 Å². The summed E-state index contributed by atoms with van der Waals surface area (Å²) >= 11 is 0. The van der Waals surface area contributed by atoms with Crippen molar-refractivity contribution in [3.8, 4) is 5.75 Å². The first-order chi connectivity index (χ1) is 8.58. The van der Waals surface area contributed by atoms with Crippen molar-refractivity contribution in [3.05, 3.63) is 36.0 Å². The molecular weight excluding hydrogens is 232 g/mol. The van der Waals surface area contributed by atoms with Crippen LogP contribution in [0.1, 0.15) is 17.4 Å². The van der Waals surface area contributed by atoms with Gasteiger partial charge in [-0.25, -0.2) is 9.78 Å².